The van der Waals surface area contributed by atoms with Gasteiger partial charge in [0.2, 0.25) is 5.91 Å². The highest BCUT2D eigenvalue weighted by molar-refractivity contribution is 5.85. The van der Waals surface area contributed by atoms with Gasteiger partial charge in [-0.1, -0.05) is 62.9 Å². The molecule has 0 radical (unpaired) electrons. The van der Waals surface area contributed by atoms with Gasteiger partial charge in [-0.05, 0) is 24.3 Å². The number of nitrogens with one attached hydrogen (secondary N) is 1. The topological polar surface area (TPSA) is 55.1 Å². The molecule has 0 saturated heterocycles. The second kappa shape index (κ2) is 9.86. The highest BCUT2D eigenvalue weighted by atomic mass is 35.5. The van der Waals surface area contributed by atoms with Crippen molar-refractivity contribution >= 4 is 18.3 Å². The number of amides is 1. The van der Waals surface area contributed by atoms with Crippen molar-refractivity contribution in [2.75, 3.05) is 6.54 Å². The van der Waals surface area contributed by atoms with Gasteiger partial charge in [0.15, 0.2) is 0 Å². The van der Waals surface area contributed by atoms with Crippen LogP contribution in [0.4, 0.5) is 0 Å². The molecule has 1 saturated carbocycles. The molecule has 1 aromatic carbocycles. The van der Waals surface area contributed by atoms with E-state index in [1.54, 1.807) is 0 Å². The summed E-state index contributed by atoms with van der Waals surface area (Å²) >= 11 is 0. The molecule has 0 aromatic heterocycles. The molecule has 1 aliphatic carbocycles. The molecule has 1 fully saturated rings. The van der Waals surface area contributed by atoms with Crippen molar-refractivity contribution in [3.63, 3.8) is 0 Å². The summed E-state index contributed by atoms with van der Waals surface area (Å²) in [6.07, 6.45) is 7.23. The van der Waals surface area contributed by atoms with E-state index < -0.39 is 0 Å². The number of benzene rings is 1. The van der Waals surface area contributed by atoms with Gasteiger partial charge >= 0.3 is 0 Å². The summed E-state index contributed by atoms with van der Waals surface area (Å²) in [4.78, 5) is 12.3. The summed E-state index contributed by atoms with van der Waals surface area (Å²) in [6, 6.07) is 9.82. The second-order valence-electron chi connectivity index (χ2n) is 6.25. The molecule has 1 aromatic rings. The predicted octanol–water partition coefficient (Wildman–Crippen LogP) is 3.83. The summed E-state index contributed by atoms with van der Waals surface area (Å²) in [7, 11) is 0. The van der Waals surface area contributed by atoms with Crippen LogP contribution in [-0.2, 0) is 4.79 Å². The van der Waals surface area contributed by atoms with E-state index in [1.807, 2.05) is 30.3 Å². The highest BCUT2D eigenvalue weighted by Gasteiger charge is 2.24. The van der Waals surface area contributed by atoms with Crippen molar-refractivity contribution in [1.82, 2.24) is 5.32 Å². The van der Waals surface area contributed by atoms with Crippen LogP contribution in [-0.4, -0.2) is 12.5 Å². The van der Waals surface area contributed by atoms with Gasteiger partial charge in [0.25, 0.3) is 0 Å². The van der Waals surface area contributed by atoms with Gasteiger partial charge in [-0.2, -0.15) is 0 Å². The molecule has 2 rings (SSSR count). The SMILES string of the molecule is CCC(CC1CCCC1)C(=O)NCC(N)c1ccccc1.Cl. The lowest BCUT2D eigenvalue weighted by atomic mass is 9.90. The van der Waals surface area contributed by atoms with Gasteiger partial charge in [0, 0.05) is 18.5 Å². The third-order valence-corrected chi connectivity index (χ3v) is 4.68. The van der Waals surface area contributed by atoms with E-state index in [-0.39, 0.29) is 30.3 Å². The fourth-order valence-corrected chi connectivity index (χ4v) is 3.28. The lowest BCUT2D eigenvalue weighted by Gasteiger charge is -2.20. The van der Waals surface area contributed by atoms with Crippen molar-refractivity contribution in [3.05, 3.63) is 35.9 Å². The Morgan fingerprint density at radius 1 is 1.27 bits per heavy atom. The maximum absolute atomic E-state index is 12.3. The summed E-state index contributed by atoms with van der Waals surface area (Å²) in [5.41, 5.74) is 7.20. The third kappa shape index (κ3) is 5.62. The molecule has 3 N–H and O–H groups in total. The van der Waals surface area contributed by atoms with Gasteiger partial charge in [-0.25, -0.2) is 0 Å². The summed E-state index contributed by atoms with van der Waals surface area (Å²) in [5.74, 6) is 1.08. The quantitative estimate of drug-likeness (QED) is 0.800. The van der Waals surface area contributed by atoms with Crippen LogP contribution < -0.4 is 11.1 Å². The maximum atomic E-state index is 12.3. The molecule has 4 heteroatoms. The molecular formula is C18H29ClN2O. The van der Waals surface area contributed by atoms with Crippen LogP contribution in [0.25, 0.3) is 0 Å². The Labute approximate surface area is 140 Å². The van der Waals surface area contributed by atoms with E-state index in [0.717, 1.165) is 24.3 Å². The molecule has 1 aliphatic rings. The minimum Gasteiger partial charge on any atom is -0.354 e. The molecular weight excluding hydrogens is 296 g/mol. The van der Waals surface area contributed by atoms with Gasteiger partial charge in [0.1, 0.15) is 0 Å². The zero-order valence-corrected chi connectivity index (χ0v) is 14.3. The largest absolute Gasteiger partial charge is 0.354 e. The molecule has 3 nitrogen and oxygen atoms in total. The number of rotatable bonds is 7. The van der Waals surface area contributed by atoms with Crippen LogP contribution in [0.15, 0.2) is 30.3 Å². The first-order chi connectivity index (χ1) is 10.2. The van der Waals surface area contributed by atoms with E-state index in [9.17, 15) is 4.79 Å². The number of hydrogen-bond donors (Lipinski definition) is 2. The first-order valence-electron chi connectivity index (χ1n) is 8.29. The number of hydrogen-bond acceptors (Lipinski definition) is 2. The fourth-order valence-electron chi connectivity index (χ4n) is 3.28. The Hall–Kier alpha value is -1.06. The number of carbonyl (C=O) groups excluding carboxylic acids is 1. The Balaban J connectivity index is 0.00000242. The molecule has 1 amide bonds. The standard InChI is InChI=1S/C18H28N2O.ClH/c1-2-15(12-14-8-6-7-9-14)18(21)20-13-17(19)16-10-4-3-5-11-16;/h3-5,10-11,14-15,17H,2,6-9,12-13,19H2,1H3,(H,20,21);1H. The predicted molar refractivity (Wildman–Crippen MR) is 94.0 cm³/mol. The van der Waals surface area contributed by atoms with Crippen molar-refractivity contribution in [2.24, 2.45) is 17.6 Å². The zero-order chi connectivity index (χ0) is 15.1. The highest BCUT2D eigenvalue weighted by Crippen LogP contribution is 2.31. The number of halogens is 1. The van der Waals surface area contributed by atoms with Crippen LogP contribution in [0.1, 0.15) is 57.1 Å². The van der Waals surface area contributed by atoms with Crippen LogP contribution >= 0.6 is 12.4 Å². The first-order valence-corrected chi connectivity index (χ1v) is 8.29. The monoisotopic (exact) mass is 324 g/mol. The number of nitrogens with two attached hydrogens (primary N) is 1. The Kier molecular flexibility index (Phi) is 8.51. The summed E-state index contributed by atoms with van der Waals surface area (Å²) in [5, 5.41) is 3.04. The van der Waals surface area contributed by atoms with Crippen LogP contribution in [0.2, 0.25) is 0 Å². The average molecular weight is 325 g/mol. The van der Waals surface area contributed by atoms with Gasteiger partial charge in [-0.15, -0.1) is 12.4 Å². The Morgan fingerprint density at radius 3 is 2.50 bits per heavy atom. The Bertz CT molecular complexity index is 432. The minimum absolute atomic E-state index is 0. The van der Waals surface area contributed by atoms with Gasteiger partial charge in [-0.3, -0.25) is 4.79 Å². The number of carbonyl (C=O) groups is 1. The molecule has 2 atom stereocenters. The maximum Gasteiger partial charge on any atom is 0.223 e. The lowest BCUT2D eigenvalue weighted by Crippen LogP contribution is -2.36. The zero-order valence-electron chi connectivity index (χ0n) is 13.5. The van der Waals surface area contributed by atoms with Gasteiger partial charge < -0.3 is 11.1 Å². The first kappa shape index (κ1) is 19.0. The molecule has 0 spiro atoms. The van der Waals surface area contributed by atoms with Crippen molar-refractivity contribution in [3.8, 4) is 0 Å². The van der Waals surface area contributed by atoms with Crippen molar-refractivity contribution in [2.45, 2.75) is 51.5 Å². The average Bonchev–Trinajstić information content (AvgIpc) is 3.03. The third-order valence-electron chi connectivity index (χ3n) is 4.68. The van der Waals surface area contributed by atoms with E-state index >= 15 is 0 Å². The summed E-state index contributed by atoms with van der Waals surface area (Å²) in [6.45, 7) is 2.63. The van der Waals surface area contributed by atoms with Gasteiger partial charge in [0.05, 0.1) is 0 Å². The van der Waals surface area contributed by atoms with Crippen LogP contribution in [0.3, 0.4) is 0 Å². The van der Waals surface area contributed by atoms with Crippen molar-refractivity contribution in [1.29, 1.82) is 0 Å². The van der Waals surface area contributed by atoms with E-state index in [0.29, 0.717) is 6.54 Å². The molecule has 22 heavy (non-hydrogen) atoms. The minimum atomic E-state index is -0.126. The smallest absolute Gasteiger partial charge is 0.223 e. The molecule has 2 unspecified atom stereocenters. The van der Waals surface area contributed by atoms with Crippen LogP contribution in [0.5, 0.6) is 0 Å². The molecule has 124 valence electrons. The fraction of sp³-hybridized carbons (Fsp3) is 0.611. The summed E-state index contributed by atoms with van der Waals surface area (Å²) < 4.78 is 0. The van der Waals surface area contributed by atoms with Crippen LogP contribution in [0, 0.1) is 11.8 Å². The molecule has 0 heterocycles. The van der Waals surface area contributed by atoms with Crippen molar-refractivity contribution < 1.29 is 4.79 Å². The second-order valence-corrected chi connectivity index (χ2v) is 6.25. The van der Waals surface area contributed by atoms with E-state index in [1.165, 1.54) is 25.7 Å². The normalized spacial score (nSPS) is 17.5. The molecule has 0 aliphatic heterocycles. The molecule has 0 bridgehead atoms. The van der Waals surface area contributed by atoms with E-state index in [4.69, 9.17) is 5.73 Å². The lowest BCUT2D eigenvalue weighted by molar-refractivity contribution is -0.125. The Morgan fingerprint density at radius 2 is 1.91 bits per heavy atom. The van der Waals surface area contributed by atoms with E-state index in [2.05, 4.69) is 12.2 Å².